The van der Waals surface area contributed by atoms with Gasteiger partial charge >= 0.3 is 0 Å². The fourth-order valence-corrected chi connectivity index (χ4v) is 3.49. The first-order valence-corrected chi connectivity index (χ1v) is 9.92. The highest BCUT2D eigenvalue weighted by molar-refractivity contribution is 6.31. The van der Waals surface area contributed by atoms with Gasteiger partial charge in [0.15, 0.2) is 0 Å². The summed E-state index contributed by atoms with van der Waals surface area (Å²) >= 11 is 6.25. The van der Waals surface area contributed by atoms with Crippen LogP contribution < -0.4 is 15.4 Å². The summed E-state index contributed by atoms with van der Waals surface area (Å²) in [4.78, 5) is 12.7. The number of carbonyl (C=O) groups excluding carboxylic acids is 1. The first kappa shape index (κ1) is 20.9. The van der Waals surface area contributed by atoms with Gasteiger partial charge in [0.25, 0.3) is 0 Å². The summed E-state index contributed by atoms with van der Waals surface area (Å²) in [5, 5.41) is 7.07. The molecule has 0 bridgehead atoms. The van der Waals surface area contributed by atoms with Gasteiger partial charge in [0.05, 0.1) is 19.7 Å². The van der Waals surface area contributed by atoms with E-state index in [1.165, 1.54) is 0 Å². The number of benzene rings is 3. The van der Waals surface area contributed by atoms with E-state index < -0.39 is 0 Å². The van der Waals surface area contributed by atoms with Crippen molar-refractivity contribution < 1.29 is 9.53 Å². The standard InChI is InChI=1S/C24H25ClN2O2/c1-17(21-10-6-7-11-22(21)25)26-16-23(28)27-24(18-8-4-3-5-9-18)19-12-14-20(29-2)15-13-19/h3-15,17,24,26H,16H2,1-2H3,(H,27,28)/t17-,24-/m1/s1. The highest BCUT2D eigenvalue weighted by Crippen LogP contribution is 2.24. The fourth-order valence-electron chi connectivity index (χ4n) is 3.19. The van der Waals surface area contributed by atoms with Gasteiger partial charge in [-0.1, -0.05) is 72.3 Å². The average molecular weight is 409 g/mol. The third-order valence-corrected chi connectivity index (χ3v) is 5.17. The molecule has 2 atom stereocenters. The molecule has 0 fully saturated rings. The highest BCUT2D eigenvalue weighted by atomic mass is 35.5. The third-order valence-electron chi connectivity index (χ3n) is 4.83. The molecule has 0 saturated heterocycles. The van der Waals surface area contributed by atoms with Crippen LogP contribution in [0.4, 0.5) is 0 Å². The molecule has 0 aliphatic carbocycles. The lowest BCUT2D eigenvalue weighted by Crippen LogP contribution is -2.37. The highest BCUT2D eigenvalue weighted by Gasteiger charge is 2.18. The van der Waals surface area contributed by atoms with Gasteiger partial charge in [-0.25, -0.2) is 0 Å². The smallest absolute Gasteiger partial charge is 0.234 e. The first-order chi connectivity index (χ1) is 14.1. The maximum Gasteiger partial charge on any atom is 0.234 e. The summed E-state index contributed by atoms with van der Waals surface area (Å²) in [6, 6.07) is 25.0. The molecule has 0 radical (unpaired) electrons. The number of hydrogen-bond donors (Lipinski definition) is 2. The molecule has 5 heteroatoms. The van der Waals surface area contributed by atoms with Gasteiger partial charge in [0, 0.05) is 11.1 Å². The summed E-state index contributed by atoms with van der Waals surface area (Å²) in [6.45, 7) is 2.18. The van der Waals surface area contributed by atoms with Gasteiger partial charge in [-0.15, -0.1) is 0 Å². The Labute approximate surface area is 176 Å². The van der Waals surface area contributed by atoms with E-state index in [-0.39, 0.29) is 24.5 Å². The van der Waals surface area contributed by atoms with Crippen LogP contribution in [0.3, 0.4) is 0 Å². The normalized spacial score (nSPS) is 12.8. The molecule has 1 amide bonds. The van der Waals surface area contributed by atoms with Crippen LogP contribution in [0.2, 0.25) is 5.02 Å². The Hall–Kier alpha value is -2.82. The van der Waals surface area contributed by atoms with Crippen molar-refractivity contribution >= 4 is 17.5 Å². The van der Waals surface area contributed by atoms with Crippen LogP contribution in [0.5, 0.6) is 5.75 Å². The minimum Gasteiger partial charge on any atom is -0.497 e. The SMILES string of the molecule is COc1ccc([C@H](NC(=O)CN[C@H](C)c2ccccc2Cl)c2ccccc2)cc1. The summed E-state index contributed by atoms with van der Waals surface area (Å²) in [5.74, 6) is 0.690. The van der Waals surface area contributed by atoms with Crippen LogP contribution in [-0.4, -0.2) is 19.6 Å². The maximum absolute atomic E-state index is 12.7. The number of hydrogen-bond acceptors (Lipinski definition) is 3. The fraction of sp³-hybridized carbons (Fsp3) is 0.208. The monoisotopic (exact) mass is 408 g/mol. The Balaban J connectivity index is 1.70. The molecule has 0 spiro atoms. The zero-order valence-electron chi connectivity index (χ0n) is 16.6. The number of nitrogens with one attached hydrogen (secondary N) is 2. The quantitative estimate of drug-likeness (QED) is 0.557. The average Bonchev–Trinajstić information content (AvgIpc) is 2.77. The Morgan fingerprint density at radius 3 is 2.21 bits per heavy atom. The number of ether oxygens (including phenoxy) is 1. The molecule has 3 aromatic carbocycles. The second-order valence-corrected chi connectivity index (χ2v) is 7.22. The van der Waals surface area contributed by atoms with Crippen LogP contribution in [0.15, 0.2) is 78.9 Å². The molecule has 0 saturated carbocycles. The van der Waals surface area contributed by atoms with E-state index in [0.717, 1.165) is 22.4 Å². The first-order valence-electron chi connectivity index (χ1n) is 9.54. The molecule has 0 unspecified atom stereocenters. The molecule has 0 aliphatic heterocycles. The third kappa shape index (κ3) is 5.59. The number of carbonyl (C=O) groups is 1. The molecule has 2 N–H and O–H groups in total. The van der Waals surface area contributed by atoms with Gasteiger partial charge in [0.1, 0.15) is 5.75 Å². The second-order valence-electron chi connectivity index (χ2n) is 6.81. The van der Waals surface area contributed by atoms with E-state index in [4.69, 9.17) is 16.3 Å². The minimum absolute atomic E-state index is 0.0365. The van der Waals surface area contributed by atoms with E-state index >= 15 is 0 Å². The molecule has 3 aromatic rings. The van der Waals surface area contributed by atoms with Crippen LogP contribution in [0, 0.1) is 0 Å². The largest absolute Gasteiger partial charge is 0.497 e. The van der Waals surface area contributed by atoms with Crippen molar-refractivity contribution in [2.45, 2.75) is 19.0 Å². The van der Waals surface area contributed by atoms with Crippen molar-refractivity contribution in [1.82, 2.24) is 10.6 Å². The van der Waals surface area contributed by atoms with E-state index in [9.17, 15) is 4.79 Å². The molecular formula is C24H25ClN2O2. The van der Waals surface area contributed by atoms with Crippen LogP contribution in [0.25, 0.3) is 0 Å². The van der Waals surface area contributed by atoms with E-state index in [1.807, 2.05) is 85.8 Å². The number of amides is 1. The summed E-state index contributed by atoms with van der Waals surface area (Å²) in [5.41, 5.74) is 2.98. The zero-order chi connectivity index (χ0) is 20.6. The van der Waals surface area contributed by atoms with E-state index in [1.54, 1.807) is 7.11 Å². The lowest BCUT2D eigenvalue weighted by molar-refractivity contribution is -0.120. The molecular weight excluding hydrogens is 384 g/mol. The van der Waals surface area contributed by atoms with Gasteiger partial charge in [-0.2, -0.15) is 0 Å². The summed E-state index contributed by atoms with van der Waals surface area (Å²) in [6.07, 6.45) is 0. The van der Waals surface area contributed by atoms with Crippen molar-refractivity contribution in [2.24, 2.45) is 0 Å². The van der Waals surface area contributed by atoms with E-state index in [0.29, 0.717) is 5.02 Å². The molecule has 3 rings (SSSR count). The summed E-state index contributed by atoms with van der Waals surface area (Å²) < 4.78 is 5.24. The van der Waals surface area contributed by atoms with Crippen molar-refractivity contribution in [1.29, 1.82) is 0 Å². The lowest BCUT2D eigenvalue weighted by Gasteiger charge is -2.21. The number of rotatable bonds is 8. The van der Waals surface area contributed by atoms with Crippen molar-refractivity contribution in [3.05, 3.63) is 101 Å². The Bertz CT molecular complexity index is 929. The minimum atomic E-state index is -0.243. The van der Waals surface area contributed by atoms with Gasteiger partial charge < -0.3 is 15.4 Å². The van der Waals surface area contributed by atoms with Crippen LogP contribution >= 0.6 is 11.6 Å². The van der Waals surface area contributed by atoms with Gasteiger partial charge in [-0.3, -0.25) is 4.79 Å². The molecule has 4 nitrogen and oxygen atoms in total. The molecule has 0 aliphatic rings. The van der Waals surface area contributed by atoms with E-state index in [2.05, 4.69) is 10.6 Å². The lowest BCUT2D eigenvalue weighted by atomic mass is 9.98. The van der Waals surface area contributed by atoms with Gasteiger partial charge in [-0.05, 0) is 41.8 Å². The van der Waals surface area contributed by atoms with Crippen molar-refractivity contribution in [3.8, 4) is 5.75 Å². The summed E-state index contributed by atoms with van der Waals surface area (Å²) in [7, 11) is 1.64. The Kier molecular flexibility index (Phi) is 7.28. The van der Waals surface area contributed by atoms with Crippen molar-refractivity contribution in [2.75, 3.05) is 13.7 Å². The van der Waals surface area contributed by atoms with Crippen LogP contribution in [-0.2, 0) is 4.79 Å². The maximum atomic E-state index is 12.7. The second kappa shape index (κ2) is 10.1. The predicted octanol–water partition coefficient (Wildman–Crippen LogP) is 4.91. The Morgan fingerprint density at radius 1 is 0.931 bits per heavy atom. The van der Waals surface area contributed by atoms with Crippen molar-refractivity contribution in [3.63, 3.8) is 0 Å². The number of halogens is 1. The topological polar surface area (TPSA) is 50.4 Å². The molecule has 29 heavy (non-hydrogen) atoms. The molecule has 0 aromatic heterocycles. The molecule has 150 valence electrons. The molecule has 0 heterocycles. The van der Waals surface area contributed by atoms with Gasteiger partial charge in [0.2, 0.25) is 5.91 Å². The predicted molar refractivity (Wildman–Crippen MR) is 117 cm³/mol. The number of methoxy groups -OCH3 is 1. The van der Waals surface area contributed by atoms with Crippen LogP contribution in [0.1, 0.15) is 35.7 Å². The Morgan fingerprint density at radius 2 is 1.55 bits per heavy atom. The zero-order valence-corrected chi connectivity index (χ0v) is 17.3.